The molecule has 1 heterocycles. The lowest BCUT2D eigenvalue weighted by Crippen LogP contribution is -2.30. The number of halogens is 1. The van der Waals surface area contributed by atoms with E-state index in [1.165, 1.54) is 0 Å². The second kappa shape index (κ2) is 5.34. The Bertz CT molecular complexity index is 284. The SMILES string of the molecule is CNC(CO)CCn1ncc(Cl)c1C. The third kappa shape index (κ3) is 2.70. The summed E-state index contributed by atoms with van der Waals surface area (Å²) >= 11 is 5.86. The molecule has 5 heteroatoms. The number of rotatable bonds is 5. The van der Waals surface area contributed by atoms with E-state index >= 15 is 0 Å². The highest BCUT2D eigenvalue weighted by Crippen LogP contribution is 2.13. The standard InChI is InChI=1S/C9H16ClN3O/c1-7-9(10)5-12-13(7)4-3-8(6-14)11-2/h5,8,11,14H,3-4,6H2,1-2H3. The normalized spacial score (nSPS) is 13.1. The molecule has 0 fully saturated rings. The van der Waals surface area contributed by atoms with Crippen molar-refractivity contribution in [2.45, 2.75) is 25.9 Å². The van der Waals surface area contributed by atoms with Gasteiger partial charge in [-0.3, -0.25) is 4.68 Å². The second-order valence-corrected chi connectivity index (χ2v) is 3.67. The highest BCUT2D eigenvalue weighted by atomic mass is 35.5. The van der Waals surface area contributed by atoms with Gasteiger partial charge >= 0.3 is 0 Å². The van der Waals surface area contributed by atoms with E-state index in [0.717, 1.165) is 18.7 Å². The first-order valence-electron chi connectivity index (χ1n) is 4.65. The quantitative estimate of drug-likeness (QED) is 0.768. The zero-order chi connectivity index (χ0) is 10.6. The fourth-order valence-corrected chi connectivity index (χ4v) is 1.40. The molecule has 0 aliphatic rings. The minimum atomic E-state index is 0.123. The molecule has 0 radical (unpaired) electrons. The Morgan fingerprint density at radius 2 is 2.43 bits per heavy atom. The molecule has 1 atom stereocenters. The van der Waals surface area contributed by atoms with E-state index in [0.29, 0.717) is 5.02 Å². The van der Waals surface area contributed by atoms with Gasteiger partial charge in [0.1, 0.15) is 0 Å². The van der Waals surface area contributed by atoms with Crippen molar-refractivity contribution in [2.24, 2.45) is 0 Å². The van der Waals surface area contributed by atoms with E-state index < -0.39 is 0 Å². The lowest BCUT2D eigenvalue weighted by Gasteiger charge is -2.13. The highest BCUT2D eigenvalue weighted by Gasteiger charge is 2.07. The van der Waals surface area contributed by atoms with Crippen molar-refractivity contribution in [2.75, 3.05) is 13.7 Å². The Labute approximate surface area is 88.9 Å². The maximum Gasteiger partial charge on any atom is 0.0814 e. The van der Waals surface area contributed by atoms with Crippen LogP contribution in [0.4, 0.5) is 0 Å². The first-order valence-corrected chi connectivity index (χ1v) is 5.03. The number of hydrogen-bond donors (Lipinski definition) is 2. The number of nitrogens with one attached hydrogen (secondary N) is 1. The monoisotopic (exact) mass is 217 g/mol. The first-order chi connectivity index (χ1) is 6.69. The second-order valence-electron chi connectivity index (χ2n) is 3.26. The van der Waals surface area contributed by atoms with E-state index in [2.05, 4.69) is 10.4 Å². The number of aliphatic hydroxyl groups excluding tert-OH is 1. The molecule has 1 rings (SSSR count). The molecule has 0 spiro atoms. The first kappa shape index (κ1) is 11.5. The minimum absolute atomic E-state index is 0.123. The van der Waals surface area contributed by atoms with Gasteiger partial charge in [-0.2, -0.15) is 5.10 Å². The molecule has 0 bridgehead atoms. The number of hydrogen-bond acceptors (Lipinski definition) is 3. The van der Waals surface area contributed by atoms with Gasteiger partial charge in [0, 0.05) is 12.6 Å². The molecule has 0 aliphatic carbocycles. The summed E-state index contributed by atoms with van der Waals surface area (Å²) < 4.78 is 1.85. The van der Waals surface area contributed by atoms with Gasteiger partial charge in [-0.1, -0.05) is 11.6 Å². The molecule has 80 valence electrons. The van der Waals surface area contributed by atoms with Crippen LogP contribution >= 0.6 is 11.6 Å². The van der Waals surface area contributed by atoms with Gasteiger partial charge in [0.05, 0.1) is 23.5 Å². The van der Waals surface area contributed by atoms with Crippen molar-refractivity contribution in [1.29, 1.82) is 0 Å². The molecule has 4 nitrogen and oxygen atoms in total. The van der Waals surface area contributed by atoms with Gasteiger partial charge in [0.25, 0.3) is 0 Å². The van der Waals surface area contributed by atoms with Crippen LogP contribution < -0.4 is 5.32 Å². The molecule has 0 saturated carbocycles. The molecule has 0 amide bonds. The fourth-order valence-electron chi connectivity index (χ4n) is 1.25. The van der Waals surface area contributed by atoms with Crippen LogP contribution in [-0.2, 0) is 6.54 Å². The highest BCUT2D eigenvalue weighted by molar-refractivity contribution is 6.31. The zero-order valence-corrected chi connectivity index (χ0v) is 9.25. The molecule has 14 heavy (non-hydrogen) atoms. The van der Waals surface area contributed by atoms with Crippen LogP contribution in [0, 0.1) is 6.92 Å². The van der Waals surface area contributed by atoms with Crippen molar-refractivity contribution in [3.8, 4) is 0 Å². The van der Waals surface area contributed by atoms with Crippen molar-refractivity contribution in [1.82, 2.24) is 15.1 Å². The summed E-state index contributed by atoms with van der Waals surface area (Å²) in [5, 5.41) is 16.8. The Balaban J connectivity index is 2.49. The largest absolute Gasteiger partial charge is 0.395 e. The van der Waals surface area contributed by atoms with Crippen LogP contribution in [0.1, 0.15) is 12.1 Å². The molecule has 0 aromatic carbocycles. The van der Waals surface area contributed by atoms with Crippen molar-refractivity contribution in [3.05, 3.63) is 16.9 Å². The summed E-state index contributed by atoms with van der Waals surface area (Å²) in [5.74, 6) is 0. The van der Waals surface area contributed by atoms with Gasteiger partial charge in [-0.15, -0.1) is 0 Å². The Morgan fingerprint density at radius 1 is 1.71 bits per heavy atom. The molecular weight excluding hydrogens is 202 g/mol. The summed E-state index contributed by atoms with van der Waals surface area (Å²) in [5.41, 5.74) is 0.972. The maximum atomic E-state index is 8.96. The molecule has 2 N–H and O–H groups in total. The van der Waals surface area contributed by atoms with Crippen molar-refractivity contribution < 1.29 is 5.11 Å². The van der Waals surface area contributed by atoms with Crippen LogP contribution in [0.25, 0.3) is 0 Å². The Hall–Kier alpha value is -0.580. The van der Waals surface area contributed by atoms with Gasteiger partial charge in [0.2, 0.25) is 0 Å². The molecular formula is C9H16ClN3O. The lowest BCUT2D eigenvalue weighted by molar-refractivity contribution is 0.236. The topological polar surface area (TPSA) is 50.1 Å². The zero-order valence-electron chi connectivity index (χ0n) is 8.50. The summed E-state index contributed by atoms with van der Waals surface area (Å²) in [6.07, 6.45) is 2.48. The average Bonchev–Trinajstić information content (AvgIpc) is 2.51. The maximum absolute atomic E-state index is 8.96. The molecule has 1 aromatic rings. The molecule has 1 unspecified atom stereocenters. The molecule has 0 aliphatic heterocycles. The van der Waals surface area contributed by atoms with Gasteiger partial charge in [0.15, 0.2) is 0 Å². The van der Waals surface area contributed by atoms with Gasteiger partial charge in [-0.05, 0) is 20.4 Å². The predicted octanol–water partition coefficient (Wildman–Crippen LogP) is 0.815. The van der Waals surface area contributed by atoms with Crippen LogP contribution in [0.3, 0.4) is 0 Å². The molecule has 0 saturated heterocycles. The van der Waals surface area contributed by atoms with E-state index in [-0.39, 0.29) is 12.6 Å². The third-order valence-corrected chi connectivity index (χ3v) is 2.73. The third-order valence-electron chi connectivity index (χ3n) is 2.36. The fraction of sp³-hybridized carbons (Fsp3) is 0.667. The van der Waals surface area contributed by atoms with E-state index in [4.69, 9.17) is 16.7 Å². The number of nitrogens with zero attached hydrogens (tertiary/aromatic N) is 2. The van der Waals surface area contributed by atoms with Gasteiger partial charge in [-0.25, -0.2) is 0 Å². The summed E-state index contributed by atoms with van der Waals surface area (Å²) in [6.45, 7) is 2.85. The van der Waals surface area contributed by atoms with Crippen LogP contribution in [0.15, 0.2) is 6.20 Å². The van der Waals surface area contributed by atoms with E-state index in [9.17, 15) is 0 Å². The summed E-state index contributed by atoms with van der Waals surface area (Å²) in [6, 6.07) is 0.123. The van der Waals surface area contributed by atoms with Crippen LogP contribution in [-0.4, -0.2) is 34.6 Å². The van der Waals surface area contributed by atoms with Gasteiger partial charge < -0.3 is 10.4 Å². The van der Waals surface area contributed by atoms with Crippen molar-refractivity contribution in [3.63, 3.8) is 0 Å². The number of likely N-dealkylation sites (N-methyl/N-ethyl adjacent to an activating group) is 1. The van der Waals surface area contributed by atoms with Crippen LogP contribution in [0.5, 0.6) is 0 Å². The Kier molecular flexibility index (Phi) is 4.38. The van der Waals surface area contributed by atoms with Crippen molar-refractivity contribution >= 4 is 11.6 Å². The number of aryl methyl sites for hydroxylation is 1. The van der Waals surface area contributed by atoms with Crippen LogP contribution in [0.2, 0.25) is 5.02 Å². The summed E-state index contributed by atoms with van der Waals surface area (Å²) in [7, 11) is 1.84. The average molecular weight is 218 g/mol. The smallest absolute Gasteiger partial charge is 0.0814 e. The summed E-state index contributed by atoms with van der Waals surface area (Å²) in [4.78, 5) is 0. The number of aromatic nitrogens is 2. The number of aliphatic hydroxyl groups is 1. The van der Waals surface area contributed by atoms with E-state index in [1.807, 2.05) is 18.7 Å². The van der Waals surface area contributed by atoms with E-state index in [1.54, 1.807) is 6.20 Å². The predicted molar refractivity (Wildman–Crippen MR) is 56.5 cm³/mol. The Morgan fingerprint density at radius 3 is 2.86 bits per heavy atom. The molecule has 1 aromatic heterocycles. The minimum Gasteiger partial charge on any atom is -0.395 e. The lowest BCUT2D eigenvalue weighted by atomic mass is 10.2.